The van der Waals surface area contributed by atoms with Crippen molar-refractivity contribution in [2.45, 2.75) is 18.9 Å². The molecule has 0 bridgehead atoms. The molecule has 2 heterocycles. The van der Waals surface area contributed by atoms with Crippen LogP contribution in [0.25, 0.3) is 0 Å². The first kappa shape index (κ1) is 14.6. The maximum atomic E-state index is 11.8. The third kappa shape index (κ3) is 2.34. The Morgan fingerprint density at radius 2 is 2.27 bits per heavy atom. The Bertz CT molecular complexity index is 726. The van der Waals surface area contributed by atoms with Gasteiger partial charge in [-0.2, -0.15) is 10.2 Å². The van der Waals surface area contributed by atoms with Gasteiger partial charge < -0.3 is 10.5 Å². The van der Waals surface area contributed by atoms with Crippen molar-refractivity contribution in [1.29, 1.82) is 0 Å². The zero-order valence-electron chi connectivity index (χ0n) is 12.5. The van der Waals surface area contributed by atoms with E-state index in [1.54, 1.807) is 14.2 Å². The number of aromatic nitrogens is 2. The molecule has 2 aromatic rings. The summed E-state index contributed by atoms with van der Waals surface area (Å²) in [5, 5.41) is 15.0. The van der Waals surface area contributed by atoms with Crippen molar-refractivity contribution in [3.05, 3.63) is 41.1 Å². The van der Waals surface area contributed by atoms with Gasteiger partial charge in [-0.05, 0) is 17.7 Å². The molecule has 0 saturated heterocycles. The number of methoxy groups -OCH3 is 1. The van der Waals surface area contributed by atoms with Gasteiger partial charge in [0.2, 0.25) is 0 Å². The highest BCUT2D eigenvalue weighted by atomic mass is 16.5. The zero-order chi connectivity index (χ0) is 15.9. The standard InChI is InChI=1S/C15H18N4O3/c1-18-14-11(8-12(16)15(20)19(14)21)13(17-18)7-9-4-3-5-10(6-9)22-2/h3-6,12,21H,7-8,16H2,1-2H3/t12-/m0/s1. The number of carbonyl (C=O) groups excluding carboxylic acids is 1. The Morgan fingerprint density at radius 3 is 3.00 bits per heavy atom. The number of carbonyl (C=O) groups is 1. The molecule has 1 aliphatic heterocycles. The van der Waals surface area contributed by atoms with Gasteiger partial charge in [-0.3, -0.25) is 10.0 Å². The molecule has 0 radical (unpaired) electrons. The second-order valence-corrected chi connectivity index (χ2v) is 5.36. The summed E-state index contributed by atoms with van der Waals surface area (Å²) < 4.78 is 6.73. The van der Waals surface area contributed by atoms with Gasteiger partial charge in [-0.25, -0.2) is 4.68 Å². The number of amides is 1. The maximum absolute atomic E-state index is 11.8. The second kappa shape index (κ2) is 5.43. The third-order valence-electron chi connectivity index (χ3n) is 3.85. The average molecular weight is 302 g/mol. The number of anilines is 1. The largest absolute Gasteiger partial charge is 0.497 e. The van der Waals surface area contributed by atoms with Crippen LogP contribution in [-0.2, 0) is 24.7 Å². The van der Waals surface area contributed by atoms with Gasteiger partial charge >= 0.3 is 0 Å². The van der Waals surface area contributed by atoms with Crippen molar-refractivity contribution < 1.29 is 14.7 Å². The van der Waals surface area contributed by atoms with Crippen molar-refractivity contribution in [2.75, 3.05) is 12.2 Å². The second-order valence-electron chi connectivity index (χ2n) is 5.36. The van der Waals surface area contributed by atoms with Crippen LogP contribution in [0.4, 0.5) is 5.82 Å². The number of aryl methyl sites for hydroxylation is 1. The minimum absolute atomic E-state index is 0.373. The highest BCUT2D eigenvalue weighted by Gasteiger charge is 2.34. The fourth-order valence-electron chi connectivity index (χ4n) is 2.77. The Morgan fingerprint density at radius 1 is 1.50 bits per heavy atom. The van der Waals surface area contributed by atoms with Gasteiger partial charge in [0.1, 0.15) is 5.75 Å². The summed E-state index contributed by atoms with van der Waals surface area (Å²) in [6.45, 7) is 0. The van der Waals surface area contributed by atoms with E-state index in [0.717, 1.165) is 22.6 Å². The zero-order valence-corrected chi connectivity index (χ0v) is 12.5. The lowest BCUT2D eigenvalue weighted by Gasteiger charge is -2.25. The molecule has 3 N–H and O–H groups in total. The molecule has 7 nitrogen and oxygen atoms in total. The van der Waals surface area contributed by atoms with E-state index in [0.29, 0.717) is 23.7 Å². The summed E-state index contributed by atoms with van der Waals surface area (Å²) >= 11 is 0. The van der Waals surface area contributed by atoms with Crippen molar-refractivity contribution in [3.8, 4) is 5.75 Å². The van der Waals surface area contributed by atoms with E-state index < -0.39 is 11.9 Å². The summed E-state index contributed by atoms with van der Waals surface area (Å²) in [6.07, 6.45) is 0.952. The van der Waals surface area contributed by atoms with Crippen LogP contribution in [0.15, 0.2) is 24.3 Å². The van der Waals surface area contributed by atoms with Gasteiger partial charge in [0.15, 0.2) is 5.82 Å². The smallest absolute Gasteiger partial charge is 0.269 e. The van der Waals surface area contributed by atoms with Gasteiger partial charge in [-0.1, -0.05) is 12.1 Å². The van der Waals surface area contributed by atoms with Crippen LogP contribution in [0, 0.1) is 0 Å². The Kier molecular flexibility index (Phi) is 3.59. The first-order valence-corrected chi connectivity index (χ1v) is 6.97. The molecule has 7 heteroatoms. The lowest BCUT2D eigenvalue weighted by molar-refractivity contribution is -0.125. The van der Waals surface area contributed by atoms with Crippen LogP contribution in [-0.4, -0.2) is 34.0 Å². The van der Waals surface area contributed by atoms with Crippen LogP contribution in [0.5, 0.6) is 5.75 Å². The molecule has 3 rings (SSSR count). The monoisotopic (exact) mass is 302 g/mol. The molecule has 0 saturated carbocycles. The van der Waals surface area contributed by atoms with Crippen molar-refractivity contribution in [3.63, 3.8) is 0 Å². The molecule has 1 amide bonds. The summed E-state index contributed by atoms with van der Waals surface area (Å²) in [5.74, 6) is 0.658. The highest BCUT2D eigenvalue weighted by Crippen LogP contribution is 2.30. The minimum Gasteiger partial charge on any atom is -0.497 e. The highest BCUT2D eigenvalue weighted by molar-refractivity contribution is 5.97. The van der Waals surface area contributed by atoms with Gasteiger partial charge in [0.25, 0.3) is 5.91 Å². The predicted octanol–water partition coefficient (Wildman–Crippen LogP) is 0.625. The van der Waals surface area contributed by atoms with Gasteiger partial charge in [0, 0.05) is 25.5 Å². The first-order valence-electron chi connectivity index (χ1n) is 6.97. The SMILES string of the molecule is COc1cccc(Cc2nn(C)c3c2C[C@H](N)C(=O)N3O)c1. The molecule has 22 heavy (non-hydrogen) atoms. The fraction of sp³-hybridized carbons (Fsp3) is 0.333. The molecule has 1 aromatic carbocycles. The van der Waals surface area contributed by atoms with Crippen LogP contribution >= 0.6 is 0 Å². The number of benzene rings is 1. The topological polar surface area (TPSA) is 93.6 Å². The molecular formula is C15H18N4O3. The van der Waals surface area contributed by atoms with Gasteiger partial charge in [0.05, 0.1) is 18.8 Å². The van der Waals surface area contributed by atoms with Crippen LogP contribution in [0.2, 0.25) is 0 Å². The first-order chi connectivity index (χ1) is 10.5. The third-order valence-corrected chi connectivity index (χ3v) is 3.85. The minimum atomic E-state index is -0.745. The van der Waals surface area contributed by atoms with Crippen LogP contribution < -0.4 is 15.5 Å². The summed E-state index contributed by atoms with van der Waals surface area (Å²) in [7, 11) is 3.32. The number of hydrogen-bond donors (Lipinski definition) is 2. The molecule has 116 valence electrons. The Labute approximate surface area is 127 Å². The number of hydroxylamine groups is 1. The number of nitrogens with two attached hydrogens (primary N) is 1. The number of hydrogen-bond acceptors (Lipinski definition) is 5. The number of ether oxygens (including phenoxy) is 1. The van der Waals surface area contributed by atoms with E-state index in [1.807, 2.05) is 24.3 Å². The number of nitrogens with zero attached hydrogens (tertiary/aromatic N) is 3. The van der Waals surface area contributed by atoms with E-state index >= 15 is 0 Å². The predicted molar refractivity (Wildman–Crippen MR) is 80.0 cm³/mol. The van der Waals surface area contributed by atoms with Crippen molar-refractivity contribution in [2.24, 2.45) is 12.8 Å². The number of rotatable bonds is 3. The average Bonchev–Trinajstić information content (AvgIpc) is 2.81. The van der Waals surface area contributed by atoms with Crippen LogP contribution in [0.1, 0.15) is 16.8 Å². The summed E-state index contributed by atoms with van der Waals surface area (Å²) in [4.78, 5) is 11.8. The molecule has 0 unspecified atom stereocenters. The summed E-state index contributed by atoms with van der Waals surface area (Å²) in [5.41, 5.74) is 8.43. The van der Waals surface area contributed by atoms with E-state index in [4.69, 9.17) is 10.5 Å². The van der Waals surface area contributed by atoms with E-state index in [1.165, 1.54) is 4.68 Å². The van der Waals surface area contributed by atoms with Crippen molar-refractivity contribution >= 4 is 11.7 Å². The summed E-state index contributed by atoms with van der Waals surface area (Å²) in [6, 6.07) is 6.96. The number of fused-ring (bicyclic) bond motifs is 1. The van der Waals surface area contributed by atoms with Crippen molar-refractivity contribution in [1.82, 2.24) is 9.78 Å². The lowest BCUT2D eigenvalue weighted by atomic mass is 9.98. The van der Waals surface area contributed by atoms with E-state index in [9.17, 15) is 10.0 Å². The molecular weight excluding hydrogens is 284 g/mol. The normalized spacial score (nSPS) is 17.5. The maximum Gasteiger partial charge on any atom is 0.269 e. The van der Waals surface area contributed by atoms with E-state index in [2.05, 4.69) is 5.10 Å². The van der Waals surface area contributed by atoms with Crippen LogP contribution in [0.3, 0.4) is 0 Å². The fourth-order valence-corrected chi connectivity index (χ4v) is 2.77. The molecule has 0 aliphatic carbocycles. The molecule has 0 spiro atoms. The molecule has 1 atom stereocenters. The Hall–Kier alpha value is -2.38. The lowest BCUT2D eigenvalue weighted by Crippen LogP contribution is -2.47. The molecule has 1 aromatic heterocycles. The quantitative estimate of drug-likeness (QED) is 0.811. The Balaban J connectivity index is 1.98. The van der Waals surface area contributed by atoms with E-state index in [-0.39, 0.29) is 0 Å². The van der Waals surface area contributed by atoms with Gasteiger partial charge in [-0.15, -0.1) is 0 Å². The molecule has 0 fully saturated rings. The molecule has 1 aliphatic rings.